The molecule has 31 heavy (non-hydrogen) atoms. The molecule has 0 unspecified atom stereocenters. The molecule has 166 valence electrons. The number of methoxy groups -OCH3 is 1. The SMILES string of the molecule is COC(=O)c1cccc(NS(=O)(=O)c2ccc(N3C(=O)C(C)(C)CS3(=O)=O)cc2C)c1. The van der Waals surface area contributed by atoms with Gasteiger partial charge in [-0.15, -0.1) is 0 Å². The van der Waals surface area contributed by atoms with E-state index in [4.69, 9.17) is 0 Å². The molecule has 0 aliphatic carbocycles. The molecule has 0 atom stereocenters. The molecular weight excluding hydrogens is 444 g/mol. The number of sulfonamides is 2. The molecule has 1 N–H and O–H groups in total. The van der Waals surface area contributed by atoms with E-state index in [1.807, 2.05) is 0 Å². The molecule has 2 aromatic carbocycles. The standard InChI is InChI=1S/C20H22N2O7S2/c1-13-10-16(22-19(24)20(2,3)12-30(22,25)26)8-9-17(13)31(27,28)21-15-7-5-6-14(11-15)18(23)29-4/h5-11,21H,12H2,1-4H3. The first-order chi connectivity index (χ1) is 14.3. The van der Waals surface area contributed by atoms with Gasteiger partial charge in [0, 0.05) is 5.69 Å². The maximum Gasteiger partial charge on any atom is 0.337 e. The van der Waals surface area contributed by atoms with Crippen molar-refractivity contribution in [2.24, 2.45) is 5.41 Å². The molecule has 1 saturated heterocycles. The summed E-state index contributed by atoms with van der Waals surface area (Å²) in [5, 5.41) is 0. The van der Waals surface area contributed by atoms with E-state index in [0.717, 1.165) is 4.31 Å². The van der Waals surface area contributed by atoms with E-state index >= 15 is 0 Å². The van der Waals surface area contributed by atoms with E-state index in [1.54, 1.807) is 13.8 Å². The third-order valence-electron chi connectivity index (χ3n) is 4.80. The summed E-state index contributed by atoms with van der Waals surface area (Å²) in [6.07, 6.45) is 0. The highest BCUT2D eigenvalue weighted by molar-refractivity contribution is 7.94. The summed E-state index contributed by atoms with van der Waals surface area (Å²) in [5.41, 5.74) is -0.397. The van der Waals surface area contributed by atoms with E-state index in [0.29, 0.717) is 0 Å². The first-order valence-corrected chi connectivity index (χ1v) is 12.3. The Morgan fingerprint density at radius 2 is 1.84 bits per heavy atom. The Kier molecular flexibility index (Phi) is 5.61. The van der Waals surface area contributed by atoms with Crippen molar-refractivity contribution in [1.82, 2.24) is 0 Å². The first-order valence-electron chi connectivity index (χ1n) is 9.18. The lowest BCUT2D eigenvalue weighted by molar-refractivity contribution is -0.123. The normalized spacial score (nSPS) is 17.4. The fourth-order valence-corrected chi connectivity index (χ4v) is 6.74. The van der Waals surface area contributed by atoms with Crippen LogP contribution in [-0.2, 0) is 29.6 Å². The number of ether oxygens (including phenoxy) is 1. The molecule has 1 heterocycles. The van der Waals surface area contributed by atoms with Crippen molar-refractivity contribution in [3.63, 3.8) is 0 Å². The van der Waals surface area contributed by atoms with Crippen LogP contribution in [0.3, 0.4) is 0 Å². The third kappa shape index (κ3) is 4.28. The summed E-state index contributed by atoms with van der Waals surface area (Å²) < 4.78 is 58.4. The molecule has 2 aromatic rings. The van der Waals surface area contributed by atoms with Gasteiger partial charge in [0.05, 0.1) is 34.4 Å². The lowest BCUT2D eigenvalue weighted by Crippen LogP contribution is -2.33. The van der Waals surface area contributed by atoms with Crippen LogP contribution in [0.2, 0.25) is 0 Å². The average Bonchev–Trinajstić information content (AvgIpc) is 2.82. The average molecular weight is 467 g/mol. The predicted octanol–water partition coefficient (Wildman–Crippen LogP) is 2.29. The summed E-state index contributed by atoms with van der Waals surface area (Å²) >= 11 is 0. The number of rotatable bonds is 5. The minimum absolute atomic E-state index is 0.0831. The number of carbonyl (C=O) groups excluding carboxylic acids is 2. The number of hydrogen-bond donors (Lipinski definition) is 1. The highest BCUT2D eigenvalue weighted by Gasteiger charge is 2.50. The summed E-state index contributed by atoms with van der Waals surface area (Å²) in [6.45, 7) is 4.59. The fourth-order valence-electron chi connectivity index (χ4n) is 3.36. The van der Waals surface area contributed by atoms with Gasteiger partial charge >= 0.3 is 5.97 Å². The van der Waals surface area contributed by atoms with E-state index < -0.39 is 37.3 Å². The Labute approximate surface area is 181 Å². The van der Waals surface area contributed by atoms with Crippen LogP contribution < -0.4 is 9.03 Å². The van der Waals surface area contributed by atoms with Gasteiger partial charge in [-0.25, -0.2) is 25.9 Å². The summed E-state index contributed by atoms with van der Waals surface area (Å²) in [5.74, 6) is -1.50. The lowest BCUT2D eigenvalue weighted by atomic mass is 9.95. The van der Waals surface area contributed by atoms with Gasteiger partial charge in [-0.2, -0.15) is 0 Å². The first kappa shape index (κ1) is 22.8. The largest absolute Gasteiger partial charge is 0.465 e. The van der Waals surface area contributed by atoms with Gasteiger partial charge in [0.2, 0.25) is 15.9 Å². The zero-order valence-electron chi connectivity index (χ0n) is 17.4. The minimum atomic E-state index is -4.05. The van der Waals surface area contributed by atoms with Crippen LogP contribution in [-0.4, -0.2) is 41.6 Å². The Morgan fingerprint density at radius 1 is 1.16 bits per heavy atom. The molecule has 9 nitrogen and oxygen atoms in total. The topological polar surface area (TPSA) is 127 Å². The highest BCUT2D eigenvalue weighted by Crippen LogP contribution is 2.36. The van der Waals surface area contributed by atoms with E-state index in [-0.39, 0.29) is 33.2 Å². The Hall–Kier alpha value is -2.92. The highest BCUT2D eigenvalue weighted by atomic mass is 32.2. The second-order valence-corrected chi connectivity index (χ2v) is 11.3. The molecule has 1 fully saturated rings. The van der Waals surface area contributed by atoms with Gasteiger partial charge in [0.1, 0.15) is 0 Å². The van der Waals surface area contributed by atoms with E-state index in [9.17, 15) is 26.4 Å². The van der Waals surface area contributed by atoms with Crippen molar-refractivity contribution in [2.75, 3.05) is 21.9 Å². The van der Waals surface area contributed by atoms with Crippen LogP contribution in [0.15, 0.2) is 47.4 Å². The van der Waals surface area contributed by atoms with Gasteiger partial charge in [-0.3, -0.25) is 9.52 Å². The second-order valence-electron chi connectivity index (χ2n) is 7.84. The van der Waals surface area contributed by atoms with Crippen molar-refractivity contribution in [1.29, 1.82) is 0 Å². The lowest BCUT2D eigenvalue weighted by Gasteiger charge is -2.19. The van der Waals surface area contributed by atoms with Crippen LogP contribution in [0.25, 0.3) is 0 Å². The summed E-state index contributed by atoms with van der Waals surface area (Å²) in [4.78, 5) is 24.1. The zero-order chi connectivity index (χ0) is 23.2. The van der Waals surface area contributed by atoms with Crippen LogP contribution in [0, 0.1) is 12.3 Å². The number of nitrogens with zero attached hydrogens (tertiary/aromatic N) is 1. The van der Waals surface area contributed by atoms with E-state index in [1.165, 1.54) is 56.5 Å². The Balaban J connectivity index is 1.94. The number of nitrogens with one attached hydrogen (secondary N) is 1. The smallest absolute Gasteiger partial charge is 0.337 e. The van der Waals surface area contributed by atoms with Gasteiger partial charge in [0.25, 0.3) is 10.0 Å². The van der Waals surface area contributed by atoms with Crippen molar-refractivity contribution in [2.45, 2.75) is 25.7 Å². The second kappa shape index (κ2) is 7.65. The quantitative estimate of drug-likeness (QED) is 0.670. The summed E-state index contributed by atoms with van der Waals surface area (Å²) in [7, 11) is -6.69. The van der Waals surface area contributed by atoms with Crippen molar-refractivity contribution in [3.8, 4) is 0 Å². The van der Waals surface area contributed by atoms with Gasteiger partial charge in [0.15, 0.2) is 0 Å². The molecule has 11 heteroatoms. The van der Waals surface area contributed by atoms with Crippen molar-refractivity contribution in [3.05, 3.63) is 53.6 Å². The fraction of sp³-hybridized carbons (Fsp3) is 0.300. The van der Waals surface area contributed by atoms with Crippen LogP contribution >= 0.6 is 0 Å². The number of esters is 1. The molecule has 0 bridgehead atoms. The number of carbonyl (C=O) groups is 2. The minimum Gasteiger partial charge on any atom is -0.465 e. The molecule has 0 aromatic heterocycles. The number of aryl methyl sites for hydroxylation is 1. The predicted molar refractivity (Wildman–Crippen MR) is 115 cm³/mol. The summed E-state index contributed by atoms with van der Waals surface area (Å²) in [6, 6.07) is 9.67. The molecule has 1 amide bonds. The zero-order valence-corrected chi connectivity index (χ0v) is 19.0. The molecule has 1 aliphatic rings. The molecule has 0 spiro atoms. The molecule has 1 aliphatic heterocycles. The maximum atomic E-state index is 12.9. The molecule has 0 saturated carbocycles. The molecule has 3 rings (SSSR count). The van der Waals surface area contributed by atoms with Crippen LogP contribution in [0.5, 0.6) is 0 Å². The number of hydrogen-bond acceptors (Lipinski definition) is 7. The van der Waals surface area contributed by atoms with Crippen molar-refractivity contribution >= 4 is 43.3 Å². The van der Waals surface area contributed by atoms with Crippen molar-refractivity contribution < 1.29 is 31.2 Å². The monoisotopic (exact) mass is 466 g/mol. The number of amides is 1. The molecule has 0 radical (unpaired) electrons. The Morgan fingerprint density at radius 3 is 2.39 bits per heavy atom. The van der Waals surface area contributed by atoms with Gasteiger partial charge in [-0.1, -0.05) is 6.07 Å². The maximum absolute atomic E-state index is 12.9. The number of anilines is 2. The van der Waals surface area contributed by atoms with E-state index in [2.05, 4.69) is 9.46 Å². The van der Waals surface area contributed by atoms with Gasteiger partial charge in [-0.05, 0) is 62.7 Å². The van der Waals surface area contributed by atoms with Crippen LogP contribution in [0.4, 0.5) is 11.4 Å². The molecular formula is C20H22N2O7S2. The van der Waals surface area contributed by atoms with Crippen LogP contribution in [0.1, 0.15) is 29.8 Å². The number of benzene rings is 2. The Bertz CT molecular complexity index is 1280. The third-order valence-corrected chi connectivity index (χ3v) is 8.36. The van der Waals surface area contributed by atoms with Gasteiger partial charge < -0.3 is 4.74 Å².